The van der Waals surface area contributed by atoms with Crippen molar-refractivity contribution in [3.8, 4) is 28.6 Å². The molecule has 8 nitrogen and oxygen atoms in total. The molecular weight excluding hydrogens is 504 g/mol. The maximum atomic E-state index is 8.85. The van der Waals surface area contributed by atoms with Crippen LogP contribution >= 0.6 is 0 Å². The Morgan fingerprint density at radius 1 is 0.775 bits per heavy atom. The molecule has 4 aromatic heterocycles. The molecule has 5 aromatic rings. The molecule has 0 spiro atoms. The Morgan fingerprint density at radius 3 is 2.48 bits per heavy atom. The molecule has 1 aliphatic carbocycles. The fraction of sp³-hybridized carbons (Fsp3) is 0.344. The molecule has 0 unspecified atom stereocenters. The molecule has 1 saturated carbocycles. The lowest BCUT2D eigenvalue weighted by Gasteiger charge is -2.35. The normalized spacial score (nSPS) is 16.6. The van der Waals surface area contributed by atoms with E-state index in [1.165, 1.54) is 16.4 Å². The highest BCUT2D eigenvalue weighted by Crippen LogP contribution is 2.33. The van der Waals surface area contributed by atoms with E-state index in [0.717, 1.165) is 60.8 Å². The van der Waals surface area contributed by atoms with E-state index < -0.39 is 0 Å². The second-order valence-electron chi connectivity index (χ2n) is 10.3. The van der Waals surface area contributed by atoms with Gasteiger partial charge in [0.1, 0.15) is 18.0 Å². The molecule has 40 heavy (non-hydrogen) atoms. The van der Waals surface area contributed by atoms with Crippen LogP contribution in [0, 0.1) is 0 Å². The van der Waals surface area contributed by atoms with Crippen LogP contribution in [0.2, 0.25) is 0 Å². The number of aryl methyl sites for hydroxylation is 1. The number of hydrogen-bond donors (Lipinski definition) is 1. The molecule has 1 aromatic carbocycles. The van der Waals surface area contributed by atoms with Gasteiger partial charge in [0, 0.05) is 85.3 Å². The fourth-order valence-corrected chi connectivity index (χ4v) is 5.21. The zero-order valence-corrected chi connectivity index (χ0v) is 22.7. The molecule has 1 N–H and O–H groups in total. The topological polar surface area (TPSA) is 91.5 Å². The van der Waals surface area contributed by atoms with E-state index in [1.54, 1.807) is 6.20 Å². The molecule has 6 rings (SSSR count). The molecule has 0 saturated heterocycles. The highest BCUT2D eigenvalue weighted by Gasteiger charge is 2.33. The summed E-state index contributed by atoms with van der Waals surface area (Å²) in [7, 11) is 2.09. The van der Waals surface area contributed by atoms with Crippen molar-refractivity contribution in [2.45, 2.75) is 50.7 Å². The van der Waals surface area contributed by atoms with E-state index in [4.69, 9.17) is 19.3 Å². The number of fused-ring (bicyclic) bond motifs is 3. The molecular formula is C32H34N4O4. The minimum atomic E-state index is 0.0839. The summed E-state index contributed by atoms with van der Waals surface area (Å²) in [6.07, 6.45) is 13.0. The van der Waals surface area contributed by atoms with Gasteiger partial charge in [-0.2, -0.15) is 0 Å². The van der Waals surface area contributed by atoms with Gasteiger partial charge in [-0.15, -0.1) is 0 Å². The highest BCUT2D eigenvalue weighted by atomic mass is 16.5. The lowest BCUT2D eigenvalue weighted by atomic mass is 9.92. The second kappa shape index (κ2) is 11.9. The summed E-state index contributed by atoms with van der Waals surface area (Å²) in [6, 6.07) is 16.2. The first-order valence-corrected chi connectivity index (χ1v) is 14.0. The average Bonchev–Trinajstić information content (AvgIpc) is 3.25. The van der Waals surface area contributed by atoms with E-state index in [0.29, 0.717) is 18.4 Å². The van der Waals surface area contributed by atoms with Crippen LogP contribution in [-0.2, 0) is 7.05 Å². The average molecular weight is 539 g/mol. The lowest BCUT2D eigenvalue weighted by molar-refractivity contribution is 0.00212. The predicted octanol–water partition coefficient (Wildman–Crippen LogP) is 6.10. The van der Waals surface area contributed by atoms with Crippen LogP contribution in [-0.4, -0.2) is 50.0 Å². The van der Waals surface area contributed by atoms with E-state index >= 15 is 0 Å². The van der Waals surface area contributed by atoms with Crippen LogP contribution in [0.25, 0.3) is 32.9 Å². The van der Waals surface area contributed by atoms with Gasteiger partial charge in [-0.25, -0.2) is 9.97 Å². The third-order valence-corrected chi connectivity index (χ3v) is 7.53. The maximum absolute atomic E-state index is 8.85. The summed E-state index contributed by atoms with van der Waals surface area (Å²) < 4.78 is 20.2. The van der Waals surface area contributed by atoms with Crippen LogP contribution in [0.4, 0.5) is 0 Å². The molecule has 0 atom stereocenters. The summed E-state index contributed by atoms with van der Waals surface area (Å²) in [6.45, 7) is 0.864. The molecule has 0 aliphatic heterocycles. The Morgan fingerprint density at radius 2 is 1.62 bits per heavy atom. The third-order valence-electron chi connectivity index (χ3n) is 7.53. The summed E-state index contributed by atoms with van der Waals surface area (Å²) in [5.41, 5.74) is 4.51. The lowest BCUT2D eigenvalue weighted by Crippen LogP contribution is -2.41. The summed E-state index contributed by atoms with van der Waals surface area (Å²) in [5.74, 6) is 1.96. The number of nitrogens with zero attached hydrogens (tertiary/aromatic N) is 4. The largest absolute Gasteiger partial charge is 0.490 e. The SMILES string of the molecule is Cn1c2ccncc2c2ccc(-c3ccc(O[C@H]4C[C@H](Oc5ccnc(OCCCCCCO)c5)C4)nc3)cc21. The molecule has 0 bridgehead atoms. The Labute approximate surface area is 233 Å². The van der Waals surface area contributed by atoms with Gasteiger partial charge in [-0.1, -0.05) is 18.6 Å². The number of aliphatic hydroxyl groups is 1. The minimum absolute atomic E-state index is 0.0839. The van der Waals surface area contributed by atoms with E-state index in [-0.39, 0.29) is 18.8 Å². The first kappa shape index (κ1) is 26.1. The van der Waals surface area contributed by atoms with Crippen molar-refractivity contribution in [1.82, 2.24) is 19.5 Å². The molecule has 0 amide bonds. The van der Waals surface area contributed by atoms with Crippen LogP contribution in [0.1, 0.15) is 38.5 Å². The van der Waals surface area contributed by atoms with Gasteiger partial charge in [0.25, 0.3) is 0 Å². The van der Waals surface area contributed by atoms with Crippen molar-refractivity contribution in [2.75, 3.05) is 13.2 Å². The molecule has 206 valence electrons. The van der Waals surface area contributed by atoms with Crippen molar-refractivity contribution >= 4 is 21.8 Å². The Bertz CT molecular complexity index is 1580. The minimum Gasteiger partial charge on any atom is -0.490 e. The molecule has 1 aliphatic rings. The number of pyridine rings is 3. The van der Waals surface area contributed by atoms with Crippen molar-refractivity contribution < 1.29 is 19.3 Å². The van der Waals surface area contributed by atoms with Gasteiger partial charge in [0.15, 0.2) is 0 Å². The van der Waals surface area contributed by atoms with E-state index in [1.807, 2.05) is 42.9 Å². The summed E-state index contributed by atoms with van der Waals surface area (Å²) >= 11 is 0. The van der Waals surface area contributed by atoms with Crippen LogP contribution < -0.4 is 14.2 Å². The second-order valence-corrected chi connectivity index (χ2v) is 10.3. The number of rotatable bonds is 12. The van der Waals surface area contributed by atoms with Gasteiger partial charge in [0.05, 0.1) is 12.1 Å². The van der Waals surface area contributed by atoms with Crippen molar-refractivity contribution in [2.24, 2.45) is 7.05 Å². The van der Waals surface area contributed by atoms with Crippen molar-refractivity contribution in [3.63, 3.8) is 0 Å². The number of aliphatic hydroxyl groups excluding tert-OH is 1. The zero-order chi connectivity index (χ0) is 27.3. The number of ether oxygens (including phenoxy) is 3. The van der Waals surface area contributed by atoms with Crippen LogP contribution in [0.5, 0.6) is 17.5 Å². The first-order chi connectivity index (χ1) is 19.7. The Balaban J connectivity index is 0.997. The summed E-state index contributed by atoms with van der Waals surface area (Å²) in [5, 5.41) is 11.2. The molecule has 1 fully saturated rings. The van der Waals surface area contributed by atoms with Crippen LogP contribution in [0.3, 0.4) is 0 Å². The fourth-order valence-electron chi connectivity index (χ4n) is 5.21. The third kappa shape index (κ3) is 5.72. The molecule has 4 heterocycles. The van der Waals surface area contributed by atoms with Gasteiger partial charge in [0.2, 0.25) is 11.8 Å². The number of aromatic nitrogens is 4. The molecule has 0 radical (unpaired) electrons. The van der Waals surface area contributed by atoms with E-state index in [2.05, 4.69) is 50.8 Å². The molecule has 8 heteroatoms. The van der Waals surface area contributed by atoms with Gasteiger partial charge in [-0.05, 0) is 49.1 Å². The predicted molar refractivity (Wildman–Crippen MR) is 155 cm³/mol. The number of benzene rings is 1. The standard InChI is InChI=1S/C32H34N4O4/c1-36-29-11-12-33-21-28(29)27-8-6-22(16-30(27)36)23-7-9-31(35-20-23)40-26-17-25(18-26)39-24-10-13-34-32(19-24)38-15-5-3-2-4-14-37/h6-13,16,19-21,25-26,37H,2-5,14-15,17-18H2,1H3/t25-,26-. The quantitative estimate of drug-likeness (QED) is 0.192. The van der Waals surface area contributed by atoms with Gasteiger partial charge in [-0.3, -0.25) is 4.98 Å². The highest BCUT2D eigenvalue weighted by molar-refractivity contribution is 6.08. The maximum Gasteiger partial charge on any atom is 0.216 e. The van der Waals surface area contributed by atoms with Crippen molar-refractivity contribution in [1.29, 1.82) is 0 Å². The number of unbranched alkanes of at least 4 members (excludes halogenated alkanes) is 3. The number of hydrogen-bond acceptors (Lipinski definition) is 7. The zero-order valence-electron chi connectivity index (χ0n) is 22.7. The Kier molecular flexibility index (Phi) is 7.77. The van der Waals surface area contributed by atoms with Crippen molar-refractivity contribution in [3.05, 3.63) is 73.3 Å². The first-order valence-electron chi connectivity index (χ1n) is 14.0. The van der Waals surface area contributed by atoms with Crippen LogP contribution in [0.15, 0.2) is 73.3 Å². The monoisotopic (exact) mass is 538 g/mol. The smallest absolute Gasteiger partial charge is 0.216 e. The van der Waals surface area contributed by atoms with E-state index in [9.17, 15) is 0 Å². The van der Waals surface area contributed by atoms with Gasteiger partial charge >= 0.3 is 0 Å². The summed E-state index contributed by atoms with van der Waals surface area (Å²) in [4.78, 5) is 13.1. The Hall–Kier alpha value is -4.17. The van der Waals surface area contributed by atoms with Gasteiger partial charge < -0.3 is 23.9 Å².